The van der Waals surface area contributed by atoms with Crippen molar-refractivity contribution in [1.29, 1.82) is 0 Å². The number of carbonyl (C=O) groups excluding carboxylic acids is 2. The van der Waals surface area contributed by atoms with E-state index in [9.17, 15) is 14.7 Å². The molecule has 0 bridgehead atoms. The summed E-state index contributed by atoms with van der Waals surface area (Å²) in [6.45, 7) is 5.96. The molecule has 1 aliphatic heterocycles. The Hall–Kier alpha value is -1.10. The quantitative estimate of drug-likeness (QED) is 0.692. The maximum absolute atomic E-state index is 11.9. The Kier molecular flexibility index (Phi) is 3.91. The van der Waals surface area contributed by atoms with E-state index in [1.165, 1.54) is 6.92 Å². The van der Waals surface area contributed by atoms with Crippen LogP contribution >= 0.6 is 0 Å². The van der Waals surface area contributed by atoms with Crippen molar-refractivity contribution in [1.82, 2.24) is 10.2 Å². The Morgan fingerprint density at radius 1 is 1.38 bits per heavy atom. The normalized spacial score (nSPS) is 21.4. The van der Waals surface area contributed by atoms with Crippen LogP contribution in [0.3, 0.4) is 0 Å². The molecule has 0 saturated carbocycles. The van der Waals surface area contributed by atoms with Crippen molar-refractivity contribution in [2.24, 2.45) is 0 Å². The summed E-state index contributed by atoms with van der Waals surface area (Å²) in [4.78, 5) is 24.4. The summed E-state index contributed by atoms with van der Waals surface area (Å²) in [7, 11) is 0. The SMILES string of the molecule is CC(=O)NC(C)C(=O)N1CCC(C)(O)CC1. The molecule has 0 aromatic carbocycles. The second-order valence-electron chi connectivity index (χ2n) is 4.74. The minimum absolute atomic E-state index is 0.0781. The predicted octanol–water partition coefficient (Wildman–Crippen LogP) is -0.116. The van der Waals surface area contributed by atoms with Crippen molar-refractivity contribution >= 4 is 11.8 Å². The van der Waals surface area contributed by atoms with Gasteiger partial charge in [-0.05, 0) is 26.7 Å². The van der Waals surface area contributed by atoms with Gasteiger partial charge in [-0.3, -0.25) is 9.59 Å². The smallest absolute Gasteiger partial charge is 0.244 e. The Morgan fingerprint density at radius 3 is 2.31 bits per heavy atom. The third-order valence-electron chi connectivity index (χ3n) is 2.94. The molecule has 1 heterocycles. The Labute approximate surface area is 95.8 Å². The first kappa shape index (κ1) is 13.0. The van der Waals surface area contributed by atoms with E-state index in [1.807, 2.05) is 0 Å². The van der Waals surface area contributed by atoms with Gasteiger partial charge in [0.15, 0.2) is 0 Å². The summed E-state index contributed by atoms with van der Waals surface area (Å²) in [6.07, 6.45) is 1.18. The number of piperidine rings is 1. The molecule has 1 saturated heterocycles. The van der Waals surface area contributed by atoms with Crippen LogP contribution in [0.25, 0.3) is 0 Å². The number of hydrogen-bond acceptors (Lipinski definition) is 3. The number of nitrogens with one attached hydrogen (secondary N) is 1. The predicted molar refractivity (Wildman–Crippen MR) is 59.7 cm³/mol. The van der Waals surface area contributed by atoms with E-state index < -0.39 is 11.6 Å². The van der Waals surface area contributed by atoms with Crippen LogP contribution in [0.2, 0.25) is 0 Å². The third kappa shape index (κ3) is 3.48. The number of aliphatic hydroxyl groups is 1. The zero-order chi connectivity index (χ0) is 12.3. The molecule has 0 spiro atoms. The molecule has 2 N–H and O–H groups in total. The van der Waals surface area contributed by atoms with Crippen LogP contribution < -0.4 is 5.32 Å². The Morgan fingerprint density at radius 2 is 1.88 bits per heavy atom. The van der Waals surface area contributed by atoms with Crippen molar-refractivity contribution in [2.45, 2.75) is 45.3 Å². The molecule has 1 atom stereocenters. The number of nitrogens with zero attached hydrogens (tertiary/aromatic N) is 1. The first-order chi connectivity index (χ1) is 7.32. The lowest BCUT2D eigenvalue weighted by Gasteiger charge is -2.36. The average molecular weight is 228 g/mol. The van der Waals surface area contributed by atoms with Crippen molar-refractivity contribution in [3.63, 3.8) is 0 Å². The average Bonchev–Trinajstić information content (AvgIpc) is 2.15. The van der Waals surface area contributed by atoms with Gasteiger partial charge in [-0.1, -0.05) is 0 Å². The van der Waals surface area contributed by atoms with E-state index in [0.29, 0.717) is 25.9 Å². The maximum Gasteiger partial charge on any atom is 0.244 e. The largest absolute Gasteiger partial charge is 0.390 e. The highest BCUT2D eigenvalue weighted by molar-refractivity contribution is 5.86. The number of rotatable bonds is 2. The number of carbonyl (C=O) groups is 2. The van der Waals surface area contributed by atoms with E-state index in [1.54, 1.807) is 18.7 Å². The van der Waals surface area contributed by atoms with Crippen molar-refractivity contribution < 1.29 is 14.7 Å². The molecule has 5 nitrogen and oxygen atoms in total. The fourth-order valence-electron chi connectivity index (χ4n) is 1.85. The van der Waals surface area contributed by atoms with E-state index in [-0.39, 0.29) is 11.8 Å². The summed E-state index contributed by atoms with van der Waals surface area (Å²) in [5, 5.41) is 12.3. The van der Waals surface area contributed by atoms with Gasteiger partial charge in [-0.25, -0.2) is 0 Å². The molecule has 0 aromatic rings. The topological polar surface area (TPSA) is 69.6 Å². The Bertz CT molecular complexity index is 279. The standard InChI is InChI=1S/C11H20N2O3/c1-8(12-9(2)14)10(15)13-6-4-11(3,16)5-7-13/h8,16H,4-7H2,1-3H3,(H,12,14). The fourth-order valence-corrected chi connectivity index (χ4v) is 1.85. The highest BCUT2D eigenvalue weighted by atomic mass is 16.3. The van der Waals surface area contributed by atoms with Gasteiger partial charge in [-0.15, -0.1) is 0 Å². The van der Waals surface area contributed by atoms with Gasteiger partial charge in [0.1, 0.15) is 6.04 Å². The van der Waals surface area contributed by atoms with Crippen LogP contribution in [0.1, 0.15) is 33.6 Å². The molecule has 16 heavy (non-hydrogen) atoms. The van der Waals surface area contributed by atoms with Crippen LogP contribution in [0, 0.1) is 0 Å². The molecular weight excluding hydrogens is 208 g/mol. The molecule has 1 rings (SSSR count). The highest BCUT2D eigenvalue weighted by Gasteiger charge is 2.31. The highest BCUT2D eigenvalue weighted by Crippen LogP contribution is 2.21. The molecule has 1 fully saturated rings. The van der Waals surface area contributed by atoms with Gasteiger partial charge in [-0.2, -0.15) is 0 Å². The maximum atomic E-state index is 11.9. The van der Waals surface area contributed by atoms with Gasteiger partial charge < -0.3 is 15.3 Å². The molecule has 1 aliphatic rings. The second-order valence-corrected chi connectivity index (χ2v) is 4.74. The van der Waals surface area contributed by atoms with Gasteiger partial charge in [0, 0.05) is 20.0 Å². The van der Waals surface area contributed by atoms with Crippen LogP contribution in [0.4, 0.5) is 0 Å². The van der Waals surface area contributed by atoms with Gasteiger partial charge in [0.05, 0.1) is 5.60 Å². The lowest BCUT2D eigenvalue weighted by atomic mass is 9.93. The number of likely N-dealkylation sites (tertiary alicyclic amines) is 1. The lowest BCUT2D eigenvalue weighted by molar-refractivity contribution is -0.138. The van der Waals surface area contributed by atoms with Crippen molar-refractivity contribution in [3.8, 4) is 0 Å². The second kappa shape index (κ2) is 4.82. The third-order valence-corrected chi connectivity index (χ3v) is 2.94. The summed E-state index contributed by atoms with van der Waals surface area (Å²) >= 11 is 0. The lowest BCUT2D eigenvalue weighted by Crippen LogP contribution is -2.51. The number of amides is 2. The van der Waals surface area contributed by atoms with Gasteiger partial charge >= 0.3 is 0 Å². The van der Waals surface area contributed by atoms with Gasteiger partial charge in [0.2, 0.25) is 11.8 Å². The van der Waals surface area contributed by atoms with Gasteiger partial charge in [0.25, 0.3) is 0 Å². The summed E-state index contributed by atoms with van der Waals surface area (Å²) in [5.74, 6) is -0.282. The first-order valence-electron chi connectivity index (χ1n) is 5.60. The molecule has 1 unspecified atom stereocenters. The van der Waals surface area contributed by atoms with Crippen LogP contribution in [0.5, 0.6) is 0 Å². The minimum atomic E-state index is -0.659. The number of hydrogen-bond donors (Lipinski definition) is 2. The van der Waals surface area contributed by atoms with E-state index >= 15 is 0 Å². The van der Waals surface area contributed by atoms with Crippen LogP contribution in [0.15, 0.2) is 0 Å². The van der Waals surface area contributed by atoms with E-state index in [2.05, 4.69) is 5.32 Å². The molecular formula is C11H20N2O3. The zero-order valence-electron chi connectivity index (χ0n) is 10.1. The van der Waals surface area contributed by atoms with Crippen molar-refractivity contribution in [2.75, 3.05) is 13.1 Å². The first-order valence-corrected chi connectivity index (χ1v) is 5.60. The summed E-state index contributed by atoms with van der Waals surface area (Å²) in [6, 6.07) is -0.486. The van der Waals surface area contributed by atoms with Crippen molar-refractivity contribution in [3.05, 3.63) is 0 Å². The summed E-state index contributed by atoms with van der Waals surface area (Å²) in [5.41, 5.74) is -0.659. The molecule has 0 aromatic heterocycles. The minimum Gasteiger partial charge on any atom is -0.390 e. The van der Waals surface area contributed by atoms with Crippen LogP contribution in [-0.4, -0.2) is 46.6 Å². The Balaban J connectivity index is 2.47. The summed E-state index contributed by atoms with van der Waals surface area (Å²) < 4.78 is 0. The molecule has 5 heteroatoms. The molecule has 0 aliphatic carbocycles. The molecule has 92 valence electrons. The van der Waals surface area contributed by atoms with E-state index in [4.69, 9.17) is 0 Å². The molecule has 2 amide bonds. The van der Waals surface area contributed by atoms with E-state index in [0.717, 1.165) is 0 Å². The van der Waals surface area contributed by atoms with Crippen LogP contribution in [-0.2, 0) is 9.59 Å². The zero-order valence-corrected chi connectivity index (χ0v) is 10.1. The molecule has 0 radical (unpaired) electrons. The fraction of sp³-hybridized carbons (Fsp3) is 0.818. The monoisotopic (exact) mass is 228 g/mol.